The molecule has 1 amide bonds. The third-order valence-corrected chi connectivity index (χ3v) is 6.61. The van der Waals surface area contributed by atoms with Crippen molar-refractivity contribution in [1.82, 2.24) is 0 Å². The molecule has 0 aliphatic heterocycles. The minimum absolute atomic E-state index is 0.0824. The van der Waals surface area contributed by atoms with E-state index in [0.29, 0.717) is 22.1 Å². The molecule has 6 nitrogen and oxygen atoms in total. The smallest absolute Gasteiger partial charge is 0.264 e. The van der Waals surface area contributed by atoms with Gasteiger partial charge >= 0.3 is 0 Å². The van der Waals surface area contributed by atoms with Crippen LogP contribution in [0.15, 0.2) is 77.7 Å². The fourth-order valence-corrected chi connectivity index (χ4v) is 4.42. The minimum Gasteiger partial charge on any atom is -0.497 e. The molecule has 0 unspecified atom stereocenters. The van der Waals surface area contributed by atoms with Crippen molar-refractivity contribution in [1.29, 1.82) is 0 Å². The van der Waals surface area contributed by atoms with Gasteiger partial charge in [-0.25, -0.2) is 8.42 Å². The molecule has 0 spiro atoms. The van der Waals surface area contributed by atoms with Crippen molar-refractivity contribution in [3.63, 3.8) is 0 Å². The summed E-state index contributed by atoms with van der Waals surface area (Å²) in [6, 6.07) is 19.6. The maximum absolute atomic E-state index is 13.3. The highest BCUT2D eigenvalue weighted by Crippen LogP contribution is 2.27. The summed E-state index contributed by atoms with van der Waals surface area (Å²) in [5.74, 6) is -0.0243. The van der Waals surface area contributed by atoms with Crippen LogP contribution in [0.3, 0.4) is 0 Å². The van der Waals surface area contributed by atoms with Gasteiger partial charge in [-0.2, -0.15) is 0 Å². The molecule has 156 valence electrons. The van der Waals surface area contributed by atoms with E-state index >= 15 is 0 Å². The first kappa shape index (κ1) is 21.7. The number of carbonyl (C=O) groups is 1. The quantitative estimate of drug-likeness (QED) is 0.582. The highest BCUT2D eigenvalue weighted by Gasteiger charge is 2.27. The van der Waals surface area contributed by atoms with Crippen LogP contribution in [0.2, 0.25) is 5.02 Å². The second kappa shape index (κ2) is 9.19. The summed E-state index contributed by atoms with van der Waals surface area (Å²) in [7, 11) is -2.50. The lowest BCUT2D eigenvalue weighted by Crippen LogP contribution is -2.38. The zero-order valence-electron chi connectivity index (χ0n) is 16.5. The Balaban J connectivity index is 1.94. The summed E-state index contributed by atoms with van der Waals surface area (Å²) < 4.78 is 32.9. The predicted molar refractivity (Wildman–Crippen MR) is 119 cm³/mol. The van der Waals surface area contributed by atoms with Gasteiger partial charge in [0.25, 0.3) is 10.0 Å². The van der Waals surface area contributed by atoms with Crippen molar-refractivity contribution >= 4 is 38.9 Å². The van der Waals surface area contributed by atoms with E-state index in [2.05, 4.69) is 5.32 Å². The number of rotatable bonds is 7. The lowest BCUT2D eigenvalue weighted by Gasteiger charge is -2.24. The predicted octanol–water partition coefficient (Wildman–Crippen LogP) is 4.49. The summed E-state index contributed by atoms with van der Waals surface area (Å²) in [5, 5.41) is 3.21. The maximum atomic E-state index is 13.3. The van der Waals surface area contributed by atoms with Crippen molar-refractivity contribution in [3.05, 3.63) is 83.4 Å². The molecular formula is C22H21ClN2O4S. The molecule has 0 aliphatic carbocycles. The summed E-state index contributed by atoms with van der Waals surface area (Å²) >= 11 is 6.11. The molecule has 1 N–H and O–H groups in total. The molecule has 3 aromatic carbocycles. The number of nitrogens with zero attached hydrogens (tertiary/aromatic N) is 1. The van der Waals surface area contributed by atoms with Crippen molar-refractivity contribution < 1.29 is 17.9 Å². The average Bonchev–Trinajstić information content (AvgIpc) is 2.75. The van der Waals surface area contributed by atoms with E-state index in [-0.39, 0.29) is 4.90 Å². The fraction of sp³-hybridized carbons (Fsp3) is 0.136. The number of methoxy groups -OCH3 is 1. The van der Waals surface area contributed by atoms with Gasteiger partial charge in [0.15, 0.2) is 0 Å². The summed E-state index contributed by atoms with van der Waals surface area (Å²) in [6.45, 7) is 1.43. The van der Waals surface area contributed by atoms with E-state index in [1.54, 1.807) is 60.7 Å². The van der Waals surface area contributed by atoms with E-state index in [0.717, 1.165) is 9.87 Å². The molecule has 0 heterocycles. The number of anilines is 2. The molecule has 0 atom stereocenters. The Morgan fingerprint density at radius 2 is 1.77 bits per heavy atom. The van der Waals surface area contributed by atoms with Crippen LogP contribution in [0.25, 0.3) is 0 Å². The normalized spacial score (nSPS) is 11.0. The molecule has 0 saturated carbocycles. The lowest BCUT2D eigenvalue weighted by atomic mass is 10.2. The number of amides is 1. The highest BCUT2D eigenvalue weighted by molar-refractivity contribution is 7.92. The summed E-state index contributed by atoms with van der Waals surface area (Å²) in [5.41, 5.74) is 1.67. The van der Waals surface area contributed by atoms with E-state index in [9.17, 15) is 13.2 Å². The molecule has 0 fully saturated rings. The van der Waals surface area contributed by atoms with Gasteiger partial charge in [0.05, 0.1) is 17.7 Å². The molecule has 0 bridgehead atoms. The SMILES string of the molecule is COc1cccc(N(CC(=O)Nc2ccc(C)c(Cl)c2)S(=O)(=O)c2ccccc2)c1. The van der Waals surface area contributed by atoms with E-state index in [4.69, 9.17) is 16.3 Å². The third-order valence-electron chi connectivity index (χ3n) is 4.42. The number of hydrogen-bond donors (Lipinski definition) is 1. The summed E-state index contributed by atoms with van der Waals surface area (Å²) in [4.78, 5) is 12.8. The van der Waals surface area contributed by atoms with Crippen LogP contribution in [-0.4, -0.2) is 28.0 Å². The summed E-state index contributed by atoms with van der Waals surface area (Å²) in [6.07, 6.45) is 0. The molecular weight excluding hydrogens is 424 g/mol. The highest BCUT2D eigenvalue weighted by atomic mass is 35.5. The number of sulfonamides is 1. The fourth-order valence-electron chi connectivity index (χ4n) is 2.80. The number of hydrogen-bond acceptors (Lipinski definition) is 4. The van der Waals surface area contributed by atoms with Crippen LogP contribution in [0.4, 0.5) is 11.4 Å². The number of aryl methyl sites for hydroxylation is 1. The second-order valence-corrected chi connectivity index (χ2v) is 8.81. The first-order chi connectivity index (χ1) is 14.3. The zero-order chi connectivity index (χ0) is 21.7. The first-order valence-electron chi connectivity index (χ1n) is 9.09. The zero-order valence-corrected chi connectivity index (χ0v) is 18.1. The van der Waals surface area contributed by atoms with Gasteiger partial charge in [0.2, 0.25) is 5.91 Å². The second-order valence-electron chi connectivity index (χ2n) is 6.54. The maximum Gasteiger partial charge on any atom is 0.264 e. The molecule has 0 aliphatic rings. The minimum atomic E-state index is -3.99. The Bertz CT molecular complexity index is 1150. The van der Waals surface area contributed by atoms with Crippen molar-refractivity contribution in [2.75, 3.05) is 23.3 Å². The number of ether oxygens (including phenoxy) is 1. The standard InChI is InChI=1S/C22H21ClN2O4S/c1-16-11-12-17(13-21(16)23)24-22(26)15-25(18-7-6-8-19(14-18)29-2)30(27,28)20-9-4-3-5-10-20/h3-14H,15H2,1-2H3,(H,24,26). The van der Waals surface area contributed by atoms with Gasteiger partial charge in [-0.05, 0) is 48.9 Å². The van der Waals surface area contributed by atoms with E-state index < -0.39 is 22.5 Å². The molecule has 0 radical (unpaired) electrons. The van der Waals surface area contributed by atoms with Crippen molar-refractivity contribution in [2.45, 2.75) is 11.8 Å². The van der Waals surface area contributed by atoms with Crippen LogP contribution >= 0.6 is 11.6 Å². The first-order valence-corrected chi connectivity index (χ1v) is 10.9. The Kier molecular flexibility index (Phi) is 6.64. The number of nitrogens with one attached hydrogen (secondary N) is 1. The Morgan fingerprint density at radius 3 is 2.43 bits per heavy atom. The van der Waals surface area contributed by atoms with Crippen molar-refractivity contribution in [3.8, 4) is 5.75 Å². The Hall–Kier alpha value is -3.03. The Labute approximate surface area is 181 Å². The molecule has 0 aromatic heterocycles. The monoisotopic (exact) mass is 444 g/mol. The van der Waals surface area contributed by atoms with E-state index in [1.165, 1.54) is 19.2 Å². The number of halogens is 1. The van der Waals surface area contributed by atoms with Crippen LogP contribution < -0.4 is 14.4 Å². The molecule has 0 saturated heterocycles. The van der Waals surface area contributed by atoms with Crippen LogP contribution in [-0.2, 0) is 14.8 Å². The van der Waals surface area contributed by atoms with Gasteiger partial charge in [-0.1, -0.05) is 41.9 Å². The van der Waals surface area contributed by atoms with Crippen LogP contribution in [0.5, 0.6) is 5.75 Å². The number of benzene rings is 3. The number of carbonyl (C=O) groups excluding carboxylic acids is 1. The van der Waals surface area contributed by atoms with Crippen LogP contribution in [0, 0.1) is 6.92 Å². The van der Waals surface area contributed by atoms with Gasteiger partial charge in [0, 0.05) is 16.8 Å². The van der Waals surface area contributed by atoms with Gasteiger partial charge < -0.3 is 10.1 Å². The lowest BCUT2D eigenvalue weighted by molar-refractivity contribution is -0.114. The largest absolute Gasteiger partial charge is 0.497 e. The van der Waals surface area contributed by atoms with Gasteiger partial charge in [-0.15, -0.1) is 0 Å². The molecule has 3 rings (SSSR count). The van der Waals surface area contributed by atoms with Crippen molar-refractivity contribution in [2.24, 2.45) is 0 Å². The van der Waals surface area contributed by atoms with Crippen LogP contribution in [0.1, 0.15) is 5.56 Å². The molecule has 3 aromatic rings. The Morgan fingerprint density at radius 1 is 1.03 bits per heavy atom. The molecule has 30 heavy (non-hydrogen) atoms. The third kappa shape index (κ3) is 4.93. The average molecular weight is 445 g/mol. The molecule has 8 heteroatoms. The van der Waals surface area contributed by atoms with E-state index in [1.807, 2.05) is 6.92 Å². The van der Waals surface area contributed by atoms with Gasteiger partial charge in [0.1, 0.15) is 12.3 Å². The van der Waals surface area contributed by atoms with Gasteiger partial charge in [-0.3, -0.25) is 9.10 Å². The topological polar surface area (TPSA) is 75.7 Å².